The second kappa shape index (κ2) is 6.57. The van der Waals surface area contributed by atoms with Crippen LogP contribution in [0.15, 0.2) is 12.1 Å². The molecule has 0 aliphatic rings. The maximum Gasteiger partial charge on any atom is 0.138 e. The Morgan fingerprint density at radius 1 is 1.41 bits per heavy atom. The minimum atomic E-state index is 0.263. The van der Waals surface area contributed by atoms with Gasteiger partial charge in [-0.15, -0.1) is 0 Å². The zero-order valence-electron chi connectivity index (χ0n) is 11.1. The normalized spacial score (nSPS) is 11.4. The fourth-order valence-corrected chi connectivity index (χ4v) is 1.64. The first-order valence-corrected chi connectivity index (χ1v) is 5.93. The zero-order valence-corrected chi connectivity index (χ0v) is 11.1. The quantitative estimate of drug-likeness (QED) is 0.823. The van der Waals surface area contributed by atoms with Gasteiger partial charge in [0.05, 0.1) is 12.3 Å². The van der Waals surface area contributed by atoms with Gasteiger partial charge in [-0.2, -0.15) is 0 Å². The van der Waals surface area contributed by atoms with Crippen LogP contribution < -0.4 is 0 Å². The van der Waals surface area contributed by atoms with Gasteiger partial charge in [0.15, 0.2) is 0 Å². The Bertz CT molecular complexity index is 353. The second-order valence-electron chi connectivity index (χ2n) is 4.48. The van der Waals surface area contributed by atoms with Gasteiger partial charge in [0.1, 0.15) is 5.75 Å². The summed E-state index contributed by atoms with van der Waals surface area (Å²) in [6.45, 7) is 8.35. The number of aromatic hydroxyl groups is 1. The van der Waals surface area contributed by atoms with Crippen molar-refractivity contribution in [3.63, 3.8) is 0 Å². The molecule has 0 fully saturated rings. The van der Waals surface area contributed by atoms with E-state index in [1.165, 1.54) is 0 Å². The lowest BCUT2D eigenvalue weighted by Gasteiger charge is -2.26. The number of aryl methyl sites for hydroxylation is 1. The Morgan fingerprint density at radius 3 is 2.71 bits per heavy atom. The van der Waals surface area contributed by atoms with Crippen LogP contribution in [0, 0.1) is 6.92 Å². The Hall–Kier alpha value is -1.13. The standard InChI is InChI=1S/C13H22N2O2/c1-10(2)15(7-8-17-4)9-12-13(16)6-5-11(3)14-12/h5-6,10,16H,7-9H2,1-4H3. The summed E-state index contributed by atoms with van der Waals surface area (Å²) in [5, 5.41) is 9.77. The van der Waals surface area contributed by atoms with Gasteiger partial charge in [-0.3, -0.25) is 9.88 Å². The average Bonchev–Trinajstić information content (AvgIpc) is 2.28. The lowest BCUT2D eigenvalue weighted by atomic mass is 10.2. The van der Waals surface area contributed by atoms with Gasteiger partial charge in [0.2, 0.25) is 0 Å². The average molecular weight is 238 g/mol. The Kier molecular flexibility index (Phi) is 5.38. The first-order chi connectivity index (χ1) is 8.04. The third-order valence-corrected chi connectivity index (χ3v) is 2.76. The second-order valence-corrected chi connectivity index (χ2v) is 4.48. The van der Waals surface area contributed by atoms with Crippen molar-refractivity contribution in [2.45, 2.75) is 33.4 Å². The van der Waals surface area contributed by atoms with Crippen molar-refractivity contribution in [3.05, 3.63) is 23.5 Å². The molecular formula is C13H22N2O2. The molecule has 0 aromatic carbocycles. The summed E-state index contributed by atoms with van der Waals surface area (Å²) in [5.74, 6) is 0.263. The molecule has 0 spiro atoms. The Balaban J connectivity index is 2.74. The van der Waals surface area contributed by atoms with E-state index < -0.39 is 0 Å². The molecular weight excluding hydrogens is 216 g/mol. The summed E-state index contributed by atoms with van der Waals surface area (Å²) < 4.78 is 5.09. The molecule has 0 amide bonds. The summed E-state index contributed by atoms with van der Waals surface area (Å²) in [6.07, 6.45) is 0. The molecule has 0 saturated heterocycles. The molecule has 1 aromatic rings. The van der Waals surface area contributed by atoms with E-state index in [1.54, 1.807) is 13.2 Å². The van der Waals surface area contributed by atoms with Crippen molar-refractivity contribution in [1.29, 1.82) is 0 Å². The first-order valence-electron chi connectivity index (χ1n) is 5.93. The number of aromatic nitrogens is 1. The predicted molar refractivity (Wildman–Crippen MR) is 68.1 cm³/mol. The minimum absolute atomic E-state index is 0.263. The van der Waals surface area contributed by atoms with E-state index >= 15 is 0 Å². The van der Waals surface area contributed by atoms with E-state index in [0.717, 1.165) is 17.9 Å². The van der Waals surface area contributed by atoms with E-state index in [1.807, 2.05) is 13.0 Å². The number of pyridine rings is 1. The number of hydrogen-bond acceptors (Lipinski definition) is 4. The molecule has 1 aromatic heterocycles. The van der Waals surface area contributed by atoms with Crippen LogP contribution in [0.1, 0.15) is 25.2 Å². The zero-order chi connectivity index (χ0) is 12.8. The van der Waals surface area contributed by atoms with E-state index in [2.05, 4.69) is 23.7 Å². The first kappa shape index (κ1) is 13.9. The predicted octanol–water partition coefficient (Wildman–Crippen LogP) is 1.95. The van der Waals surface area contributed by atoms with Crippen LogP contribution in [0.4, 0.5) is 0 Å². The van der Waals surface area contributed by atoms with Crippen molar-refractivity contribution in [2.24, 2.45) is 0 Å². The van der Waals surface area contributed by atoms with E-state index in [-0.39, 0.29) is 5.75 Å². The molecule has 4 nitrogen and oxygen atoms in total. The molecule has 0 aliphatic carbocycles. The van der Waals surface area contributed by atoms with Gasteiger partial charge < -0.3 is 9.84 Å². The highest BCUT2D eigenvalue weighted by Crippen LogP contribution is 2.17. The molecule has 0 atom stereocenters. The largest absolute Gasteiger partial charge is 0.506 e. The van der Waals surface area contributed by atoms with Gasteiger partial charge in [0, 0.05) is 31.9 Å². The Morgan fingerprint density at radius 2 is 2.12 bits per heavy atom. The molecule has 1 rings (SSSR count). The van der Waals surface area contributed by atoms with Crippen molar-refractivity contribution in [2.75, 3.05) is 20.3 Å². The molecule has 96 valence electrons. The number of hydrogen-bond donors (Lipinski definition) is 1. The Labute approximate surface area is 103 Å². The van der Waals surface area contributed by atoms with Gasteiger partial charge in [-0.05, 0) is 32.9 Å². The van der Waals surface area contributed by atoms with Crippen molar-refractivity contribution in [3.8, 4) is 5.75 Å². The summed E-state index contributed by atoms with van der Waals surface area (Å²) in [5.41, 5.74) is 1.66. The molecule has 0 saturated carbocycles. The third-order valence-electron chi connectivity index (χ3n) is 2.76. The smallest absolute Gasteiger partial charge is 0.138 e. The van der Waals surface area contributed by atoms with Crippen molar-refractivity contribution < 1.29 is 9.84 Å². The minimum Gasteiger partial charge on any atom is -0.506 e. The van der Waals surface area contributed by atoms with Crippen LogP contribution in [0.2, 0.25) is 0 Å². The van der Waals surface area contributed by atoms with Crippen molar-refractivity contribution >= 4 is 0 Å². The molecule has 4 heteroatoms. The van der Waals surface area contributed by atoms with E-state index in [9.17, 15) is 5.11 Å². The molecule has 1 N–H and O–H groups in total. The molecule has 0 bridgehead atoms. The van der Waals surface area contributed by atoms with Gasteiger partial charge in [-0.25, -0.2) is 0 Å². The summed E-state index contributed by atoms with van der Waals surface area (Å²) in [7, 11) is 1.70. The maximum absolute atomic E-state index is 9.77. The number of methoxy groups -OCH3 is 1. The van der Waals surface area contributed by atoms with Crippen LogP contribution in [0.25, 0.3) is 0 Å². The van der Waals surface area contributed by atoms with Crippen LogP contribution >= 0.6 is 0 Å². The number of ether oxygens (including phenoxy) is 1. The molecule has 1 heterocycles. The van der Waals surface area contributed by atoms with Crippen LogP contribution in [-0.2, 0) is 11.3 Å². The monoisotopic (exact) mass is 238 g/mol. The van der Waals surface area contributed by atoms with Crippen molar-refractivity contribution in [1.82, 2.24) is 9.88 Å². The van der Waals surface area contributed by atoms with Crippen LogP contribution in [-0.4, -0.2) is 41.3 Å². The topological polar surface area (TPSA) is 45.6 Å². The number of rotatable bonds is 6. The highest BCUT2D eigenvalue weighted by Gasteiger charge is 2.13. The van der Waals surface area contributed by atoms with Crippen LogP contribution in [0.3, 0.4) is 0 Å². The molecule has 0 aliphatic heterocycles. The lowest BCUT2D eigenvalue weighted by Crippen LogP contribution is -2.33. The highest BCUT2D eigenvalue weighted by molar-refractivity contribution is 5.27. The third kappa shape index (κ3) is 4.32. The SMILES string of the molecule is COCCN(Cc1nc(C)ccc1O)C(C)C. The molecule has 17 heavy (non-hydrogen) atoms. The highest BCUT2D eigenvalue weighted by atomic mass is 16.5. The van der Waals surface area contributed by atoms with E-state index in [0.29, 0.717) is 19.2 Å². The van der Waals surface area contributed by atoms with Gasteiger partial charge in [-0.1, -0.05) is 0 Å². The van der Waals surface area contributed by atoms with Crippen LogP contribution in [0.5, 0.6) is 5.75 Å². The molecule has 0 radical (unpaired) electrons. The van der Waals surface area contributed by atoms with E-state index in [4.69, 9.17) is 4.74 Å². The summed E-state index contributed by atoms with van der Waals surface area (Å²) >= 11 is 0. The van der Waals surface area contributed by atoms with Gasteiger partial charge >= 0.3 is 0 Å². The maximum atomic E-state index is 9.77. The summed E-state index contributed by atoms with van der Waals surface area (Å²) in [4.78, 5) is 6.60. The summed E-state index contributed by atoms with van der Waals surface area (Å²) in [6, 6.07) is 3.91. The fourth-order valence-electron chi connectivity index (χ4n) is 1.64. The lowest BCUT2D eigenvalue weighted by molar-refractivity contribution is 0.123. The fraction of sp³-hybridized carbons (Fsp3) is 0.615. The number of nitrogens with zero attached hydrogens (tertiary/aromatic N) is 2. The molecule has 0 unspecified atom stereocenters. The van der Waals surface area contributed by atoms with Gasteiger partial charge in [0.25, 0.3) is 0 Å².